The number of nitrogens with zero attached hydrogens (tertiary/aromatic N) is 3. The second kappa shape index (κ2) is 8.56. The molecule has 3 rings (SSSR count). The highest BCUT2D eigenvalue weighted by molar-refractivity contribution is 5.93. The summed E-state index contributed by atoms with van der Waals surface area (Å²) in [5.74, 6) is -1.36. The molecular weight excluding hydrogens is 362 g/mol. The van der Waals surface area contributed by atoms with Crippen LogP contribution < -0.4 is 5.32 Å². The van der Waals surface area contributed by atoms with Crippen LogP contribution in [-0.2, 0) is 0 Å². The molecule has 7 heteroatoms. The van der Waals surface area contributed by atoms with E-state index in [1.165, 1.54) is 12.1 Å². The van der Waals surface area contributed by atoms with Gasteiger partial charge >= 0.3 is 0 Å². The molecule has 3 aromatic rings. The molecule has 0 spiro atoms. The third kappa shape index (κ3) is 4.14. The Kier molecular flexibility index (Phi) is 5.93. The van der Waals surface area contributed by atoms with Gasteiger partial charge in [-0.05, 0) is 26.0 Å². The van der Waals surface area contributed by atoms with Crippen molar-refractivity contribution in [2.75, 3.05) is 18.4 Å². The van der Waals surface area contributed by atoms with Gasteiger partial charge in [-0.1, -0.05) is 36.4 Å². The first-order valence-electron chi connectivity index (χ1n) is 8.98. The molecule has 1 heterocycles. The van der Waals surface area contributed by atoms with Crippen LogP contribution in [0.3, 0.4) is 0 Å². The molecule has 0 fully saturated rings. The standard InChI is InChI=1S/C21H20F2N4O/c1-3-27(4-2)21(28)17-13-18(25-19-15(22)11-8-12-16(19)23)26-20(24-17)14-9-6-5-7-10-14/h5-13H,3-4H2,1-2H3,(H,24,25,26). The molecule has 0 bridgehead atoms. The molecule has 0 aliphatic heterocycles. The van der Waals surface area contributed by atoms with E-state index in [2.05, 4.69) is 15.3 Å². The van der Waals surface area contributed by atoms with Crippen LogP contribution in [0.2, 0.25) is 0 Å². The van der Waals surface area contributed by atoms with Gasteiger partial charge in [-0.2, -0.15) is 0 Å². The number of anilines is 2. The lowest BCUT2D eigenvalue weighted by atomic mass is 10.2. The fourth-order valence-corrected chi connectivity index (χ4v) is 2.76. The number of hydrogen-bond donors (Lipinski definition) is 1. The fourth-order valence-electron chi connectivity index (χ4n) is 2.76. The molecule has 0 aliphatic rings. The molecule has 1 N–H and O–H groups in total. The molecule has 1 amide bonds. The first kappa shape index (κ1) is 19.4. The molecule has 0 saturated heterocycles. The normalized spacial score (nSPS) is 10.6. The topological polar surface area (TPSA) is 58.1 Å². The van der Waals surface area contributed by atoms with Crippen LogP contribution in [0.15, 0.2) is 54.6 Å². The minimum atomic E-state index is -0.753. The van der Waals surface area contributed by atoms with Crippen molar-refractivity contribution in [2.45, 2.75) is 13.8 Å². The van der Waals surface area contributed by atoms with Crippen LogP contribution in [-0.4, -0.2) is 33.9 Å². The van der Waals surface area contributed by atoms with Crippen molar-refractivity contribution in [3.05, 3.63) is 71.9 Å². The number of carbonyl (C=O) groups is 1. The largest absolute Gasteiger partial charge is 0.338 e. The summed E-state index contributed by atoms with van der Waals surface area (Å²) in [4.78, 5) is 23.1. The van der Waals surface area contributed by atoms with Crippen molar-refractivity contribution in [3.63, 3.8) is 0 Å². The van der Waals surface area contributed by atoms with E-state index < -0.39 is 11.6 Å². The zero-order valence-electron chi connectivity index (χ0n) is 15.6. The molecular formula is C21H20F2N4O. The average Bonchev–Trinajstić information content (AvgIpc) is 2.72. The molecule has 1 aromatic heterocycles. The number of halogens is 2. The minimum absolute atomic E-state index is 0.133. The Morgan fingerprint density at radius 1 is 0.964 bits per heavy atom. The molecule has 5 nitrogen and oxygen atoms in total. The number of nitrogens with one attached hydrogen (secondary N) is 1. The second-order valence-corrected chi connectivity index (χ2v) is 6.03. The predicted octanol–water partition coefficient (Wildman–Crippen LogP) is 4.65. The van der Waals surface area contributed by atoms with Crippen LogP contribution >= 0.6 is 0 Å². The SMILES string of the molecule is CCN(CC)C(=O)c1cc(Nc2c(F)cccc2F)nc(-c2ccccc2)n1. The molecule has 0 atom stereocenters. The Morgan fingerprint density at radius 3 is 2.21 bits per heavy atom. The van der Waals surface area contributed by atoms with Crippen LogP contribution in [0.5, 0.6) is 0 Å². The van der Waals surface area contributed by atoms with Crippen molar-refractivity contribution in [2.24, 2.45) is 0 Å². The molecule has 0 saturated carbocycles. The van der Waals surface area contributed by atoms with E-state index in [9.17, 15) is 13.6 Å². The highest BCUT2D eigenvalue weighted by Gasteiger charge is 2.18. The summed E-state index contributed by atoms with van der Waals surface area (Å²) >= 11 is 0. The van der Waals surface area contributed by atoms with Crippen molar-refractivity contribution >= 4 is 17.4 Å². The van der Waals surface area contributed by atoms with E-state index in [0.717, 1.165) is 12.1 Å². The van der Waals surface area contributed by atoms with E-state index in [-0.39, 0.29) is 28.9 Å². The number of hydrogen-bond acceptors (Lipinski definition) is 4. The zero-order valence-corrected chi connectivity index (χ0v) is 15.6. The van der Waals surface area contributed by atoms with Crippen molar-refractivity contribution < 1.29 is 13.6 Å². The van der Waals surface area contributed by atoms with Crippen LogP contribution in [0.1, 0.15) is 24.3 Å². The maximum absolute atomic E-state index is 14.0. The summed E-state index contributed by atoms with van der Waals surface area (Å²) in [6.45, 7) is 4.78. The number of para-hydroxylation sites is 1. The van der Waals surface area contributed by atoms with Gasteiger partial charge in [-0.25, -0.2) is 18.7 Å². The number of carbonyl (C=O) groups excluding carboxylic acids is 1. The van der Waals surface area contributed by atoms with Gasteiger partial charge in [0.05, 0.1) is 0 Å². The quantitative estimate of drug-likeness (QED) is 0.674. The van der Waals surface area contributed by atoms with Gasteiger partial charge in [0.25, 0.3) is 5.91 Å². The molecule has 2 aromatic carbocycles. The number of rotatable bonds is 6. The molecule has 0 aliphatic carbocycles. The molecule has 28 heavy (non-hydrogen) atoms. The van der Waals surface area contributed by atoms with Gasteiger partial charge < -0.3 is 10.2 Å². The lowest BCUT2D eigenvalue weighted by Crippen LogP contribution is -2.31. The Bertz CT molecular complexity index is 955. The molecule has 0 radical (unpaired) electrons. The van der Waals surface area contributed by atoms with Gasteiger partial charge in [0.15, 0.2) is 5.82 Å². The third-order valence-electron chi connectivity index (χ3n) is 4.24. The maximum atomic E-state index is 14.0. The second-order valence-electron chi connectivity index (χ2n) is 6.03. The first-order valence-corrected chi connectivity index (χ1v) is 8.98. The van der Waals surface area contributed by atoms with Crippen LogP contribution in [0.4, 0.5) is 20.3 Å². The average molecular weight is 382 g/mol. The van der Waals surface area contributed by atoms with Gasteiger partial charge in [0.2, 0.25) is 0 Å². The summed E-state index contributed by atoms with van der Waals surface area (Å²) in [6.07, 6.45) is 0. The Hall–Kier alpha value is -3.35. The summed E-state index contributed by atoms with van der Waals surface area (Å²) in [6, 6.07) is 14.1. The maximum Gasteiger partial charge on any atom is 0.272 e. The van der Waals surface area contributed by atoms with Crippen molar-refractivity contribution in [1.29, 1.82) is 0 Å². The number of aromatic nitrogens is 2. The van der Waals surface area contributed by atoms with Gasteiger partial charge in [0.1, 0.15) is 28.8 Å². The summed E-state index contributed by atoms with van der Waals surface area (Å²) in [5.41, 5.74) is 0.506. The highest BCUT2D eigenvalue weighted by Crippen LogP contribution is 2.25. The summed E-state index contributed by atoms with van der Waals surface area (Å²) in [7, 11) is 0. The van der Waals surface area contributed by atoms with Crippen LogP contribution in [0, 0.1) is 11.6 Å². The number of amides is 1. The number of benzene rings is 2. The van der Waals surface area contributed by atoms with Crippen LogP contribution in [0.25, 0.3) is 11.4 Å². The third-order valence-corrected chi connectivity index (χ3v) is 4.24. The van der Waals surface area contributed by atoms with E-state index in [1.807, 2.05) is 32.0 Å². The van der Waals surface area contributed by atoms with Gasteiger partial charge in [-0.3, -0.25) is 4.79 Å². The Labute approximate surface area is 162 Å². The van der Waals surface area contributed by atoms with Crippen molar-refractivity contribution in [1.82, 2.24) is 14.9 Å². The van der Waals surface area contributed by atoms with E-state index >= 15 is 0 Å². The van der Waals surface area contributed by atoms with E-state index in [0.29, 0.717) is 18.7 Å². The Balaban J connectivity index is 2.08. The highest BCUT2D eigenvalue weighted by atomic mass is 19.1. The van der Waals surface area contributed by atoms with Crippen molar-refractivity contribution in [3.8, 4) is 11.4 Å². The summed E-state index contributed by atoms with van der Waals surface area (Å²) < 4.78 is 28.1. The summed E-state index contributed by atoms with van der Waals surface area (Å²) in [5, 5.41) is 2.65. The smallest absolute Gasteiger partial charge is 0.272 e. The minimum Gasteiger partial charge on any atom is -0.338 e. The van der Waals surface area contributed by atoms with E-state index in [1.54, 1.807) is 17.0 Å². The van der Waals surface area contributed by atoms with Gasteiger partial charge in [0, 0.05) is 24.7 Å². The van der Waals surface area contributed by atoms with Gasteiger partial charge in [-0.15, -0.1) is 0 Å². The fraction of sp³-hybridized carbons (Fsp3) is 0.190. The monoisotopic (exact) mass is 382 g/mol. The van der Waals surface area contributed by atoms with E-state index in [4.69, 9.17) is 0 Å². The Morgan fingerprint density at radius 2 is 1.61 bits per heavy atom. The molecule has 0 unspecified atom stereocenters. The lowest BCUT2D eigenvalue weighted by Gasteiger charge is -2.19. The first-order chi connectivity index (χ1) is 13.5. The molecule has 144 valence electrons. The lowest BCUT2D eigenvalue weighted by molar-refractivity contribution is 0.0767. The predicted molar refractivity (Wildman–Crippen MR) is 104 cm³/mol. The zero-order chi connectivity index (χ0) is 20.1.